The van der Waals surface area contributed by atoms with Crippen LogP contribution in [0.2, 0.25) is 0 Å². The summed E-state index contributed by atoms with van der Waals surface area (Å²) < 4.78 is 0. The molecule has 0 aromatic carbocycles. The van der Waals surface area contributed by atoms with Gasteiger partial charge in [-0.1, -0.05) is 6.42 Å². The SMILES string of the molecule is CCNC(=O)N1CCN(C(=O)C2CCCCN2Cc2ccncc2)CC1. The summed E-state index contributed by atoms with van der Waals surface area (Å²) in [6, 6.07) is 3.95. The number of nitrogens with one attached hydrogen (secondary N) is 1. The molecule has 3 rings (SSSR count). The van der Waals surface area contributed by atoms with Crippen LogP contribution in [0, 0.1) is 0 Å². The number of hydrogen-bond donors (Lipinski definition) is 1. The quantitative estimate of drug-likeness (QED) is 0.880. The normalized spacial score (nSPS) is 21.5. The summed E-state index contributed by atoms with van der Waals surface area (Å²) in [7, 11) is 0. The zero-order valence-electron chi connectivity index (χ0n) is 15.6. The van der Waals surface area contributed by atoms with Gasteiger partial charge >= 0.3 is 6.03 Å². The number of pyridine rings is 1. The van der Waals surface area contributed by atoms with E-state index < -0.39 is 0 Å². The lowest BCUT2D eigenvalue weighted by Gasteiger charge is -2.40. The highest BCUT2D eigenvalue weighted by molar-refractivity contribution is 5.82. The Bertz CT molecular complexity index is 601. The zero-order valence-corrected chi connectivity index (χ0v) is 15.6. The Balaban J connectivity index is 1.58. The molecule has 1 atom stereocenters. The van der Waals surface area contributed by atoms with Crippen LogP contribution in [0.3, 0.4) is 0 Å². The Morgan fingerprint density at radius 1 is 1.08 bits per heavy atom. The topological polar surface area (TPSA) is 68.8 Å². The van der Waals surface area contributed by atoms with Gasteiger partial charge in [0.1, 0.15) is 0 Å². The molecule has 0 bridgehead atoms. The van der Waals surface area contributed by atoms with Gasteiger partial charge < -0.3 is 15.1 Å². The summed E-state index contributed by atoms with van der Waals surface area (Å²) >= 11 is 0. The first-order chi connectivity index (χ1) is 12.7. The summed E-state index contributed by atoms with van der Waals surface area (Å²) in [5, 5.41) is 2.83. The number of piperidine rings is 1. The van der Waals surface area contributed by atoms with Crippen molar-refractivity contribution in [3.05, 3.63) is 30.1 Å². The van der Waals surface area contributed by atoms with Crippen molar-refractivity contribution in [1.82, 2.24) is 25.0 Å². The second kappa shape index (κ2) is 8.98. The average molecular weight is 359 g/mol. The van der Waals surface area contributed by atoms with Gasteiger partial charge in [-0.05, 0) is 44.0 Å². The van der Waals surface area contributed by atoms with E-state index in [2.05, 4.69) is 15.2 Å². The highest BCUT2D eigenvalue weighted by Gasteiger charge is 2.33. The molecule has 7 heteroatoms. The maximum atomic E-state index is 13.1. The predicted molar refractivity (Wildman–Crippen MR) is 99.5 cm³/mol. The molecule has 2 aliphatic heterocycles. The minimum absolute atomic E-state index is 0.0309. The smallest absolute Gasteiger partial charge is 0.317 e. The average Bonchev–Trinajstić information content (AvgIpc) is 2.69. The Hall–Kier alpha value is -2.15. The molecule has 2 saturated heterocycles. The number of carbonyl (C=O) groups is 2. The van der Waals surface area contributed by atoms with Crippen LogP contribution in [0.15, 0.2) is 24.5 Å². The molecule has 0 aliphatic carbocycles. The first kappa shape index (κ1) is 18.6. The lowest BCUT2D eigenvalue weighted by atomic mass is 9.99. The van der Waals surface area contributed by atoms with Crippen molar-refractivity contribution in [3.8, 4) is 0 Å². The fraction of sp³-hybridized carbons (Fsp3) is 0.632. The van der Waals surface area contributed by atoms with E-state index >= 15 is 0 Å². The highest BCUT2D eigenvalue weighted by atomic mass is 16.2. The van der Waals surface area contributed by atoms with Gasteiger partial charge in [-0.25, -0.2) is 4.79 Å². The summed E-state index contributed by atoms with van der Waals surface area (Å²) in [6.07, 6.45) is 6.76. The number of amides is 3. The number of carbonyl (C=O) groups excluding carboxylic acids is 2. The molecule has 0 saturated carbocycles. The summed E-state index contributed by atoms with van der Waals surface area (Å²) in [6.45, 7) is 6.74. The molecule has 26 heavy (non-hydrogen) atoms. The summed E-state index contributed by atoms with van der Waals surface area (Å²) in [5.74, 6) is 0.217. The van der Waals surface area contributed by atoms with Gasteiger partial charge in [-0.3, -0.25) is 14.7 Å². The van der Waals surface area contributed by atoms with Crippen molar-refractivity contribution < 1.29 is 9.59 Å². The number of piperazine rings is 1. The van der Waals surface area contributed by atoms with Gasteiger partial charge in [0.15, 0.2) is 0 Å². The number of rotatable bonds is 4. The van der Waals surface area contributed by atoms with E-state index in [-0.39, 0.29) is 18.0 Å². The van der Waals surface area contributed by atoms with Crippen molar-refractivity contribution >= 4 is 11.9 Å². The third kappa shape index (κ3) is 4.52. The molecule has 2 fully saturated rings. The van der Waals surface area contributed by atoms with Crippen LogP contribution in [0.4, 0.5) is 4.79 Å². The van der Waals surface area contributed by atoms with Crippen molar-refractivity contribution in [2.24, 2.45) is 0 Å². The highest BCUT2D eigenvalue weighted by Crippen LogP contribution is 2.22. The molecular weight excluding hydrogens is 330 g/mol. The Morgan fingerprint density at radius 2 is 1.77 bits per heavy atom. The molecule has 2 aliphatic rings. The van der Waals surface area contributed by atoms with E-state index in [1.807, 2.05) is 24.0 Å². The number of nitrogens with zero attached hydrogens (tertiary/aromatic N) is 4. The van der Waals surface area contributed by atoms with Gasteiger partial charge in [0.05, 0.1) is 6.04 Å². The molecule has 0 radical (unpaired) electrons. The number of urea groups is 1. The largest absolute Gasteiger partial charge is 0.338 e. The first-order valence-electron chi connectivity index (χ1n) is 9.63. The van der Waals surface area contributed by atoms with Crippen LogP contribution in [0.5, 0.6) is 0 Å². The molecule has 1 aromatic rings. The van der Waals surface area contributed by atoms with Crippen LogP contribution in [0.1, 0.15) is 31.7 Å². The second-order valence-electron chi connectivity index (χ2n) is 6.99. The van der Waals surface area contributed by atoms with E-state index in [4.69, 9.17) is 0 Å². The lowest BCUT2D eigenvalue weighted by molar-refractivity contribution is -0.140. The van der Waals surface area contributed by atoms with E-state index in [9.17, 15) is 9.59 Å². The standard InChI is InChI=1S/C19H29N5O2/c1-2-21-19(26)23-13-11-22(12-14-23)18(25)17-5-3-4-10-24(17)15-16-6-8-20-9-7-16/h6-9,17H,2-5,10-15H2,1H3,(H,21,26). The fourth-order valence-corrected chi connectivity index (χ4v) is 3.79. The van der Waals surface area contributed by atoms with Crippen molar-refractivity contribution in [1.29, 1.82) is 0 Å². The zero-order chi connectivity index (χ0) is 18.4. The molecule has 1 unspecified atom stereocenters. The molecule has 0 spiro atoms. The maximum absolute atomic E-state index is 13.1. The van der Waals surface area contributed by atoms with Crippen molar-refractivity contribution in [2.75, 3.05) is 39.3 Å². The van der Waals surface area contributed by atoms with Crippen LogP contribution >= 0.6 is 0 Å². The third-order valence-corrected chi connectivity index (χ3v) is 5.24. The van der Waals surface area contributed by atoms with Crippen molar-refractivity contribution in [2.45, 2.75) is 38.8 Å². The number of hydrogen-bond acceptors (Lipinski definition) is 4. The second-order valence-corrected chi connectivity index (χ2v) is 6.99. The molecule has 7 nitrogen and oxygen atoms in total. The lowest BCUT2D eigenvalue weighted by Crippen LogP contribution is -2.57. The molecule has 1 N–H and O–H groups in total. The fourth-order valence-electron chi connectivity index (χ4n) is 3.79. The monoisotopic (exact) mass is 359 g/mol. The number of likely N-dealkylation sites (tertiary alicyclic amines) is 1. The minimum Gasteiger partial charge on any atom is -0.338 e. The van der Waals surface area contributed by atoms with Crippen molar-refractivity contribution in [3.63, 3.8) is 0 Å². The Kier molecular flexibility index (Phi) is 6.44. The molecule has 142 valence electrons. The van der Waals surface area contributed by atoms with E-state index in [1.165, 1.54) is 5.56 Å². The van der Waals surface area contributed by atoms with Gasteiger partial charge in [0, 0.05) is 51.7 Å². The van der Waals surface area contributed by atoms with Crippen LogP contribution in [-0.4, -0.2) is 76.9 Å². The van der Waals surface area contributed by atoms with E-state index in [0.29, 0.717) is 32.7 Å². The third-order valence-electron chi connectivity index (χ3n) is 5.24. The number of aromatic nitrogens is 1. The molecule has 3 amide bonds. The first-order valence-corrected chi connectivity index (χ1v) is 9.63. The molecular formula is C19H29N5O2. The van der Waals surface area contributed by atoms with Gasteiger partial charge in [0.2, 0.25) is 5.91 Å². The van der Waals surface area contributed by atoms with E-state index in [1.54, 1.807) is 17.3 Å². The Morgan fingerprint density at radius 3 is 2.46 bits per heavy atom. The van der Waals surface area contributed by atoms with Crippen LogP contribution in [0.25, 0.3) is 0 Å². The van der Waals surface area contributed by atoms with E-state index in [0.717, 1.165) is 32.4 Å². The minimum atomic E-state index is -0.0482. The van der Waals surface area contributed by atoms with Crippen LogP contribution < -0.4 is 5.32 Å². The summed E-state index contributed by atoms with van der Waals surface area (Å²) in [5.41, 5.74) is 1.20. The maximum Gasteiger partial charge on any atom is 0.317 e. The molecule has 1 aromatic heterocycles. The Labute approximate surface area is 155 Å². The predicted octanol–water partition coefficient (Wildman–Crippen LogP) is 1.31. The molecule has 3 heterocycles. The summed E-state index contributed by atoms with van der Waals surface area (Å²) in [4.78, 5) is 35.1. The van der Waals surface area contributed by atoms with Gasteiger partial charge in [0.25, 0.3) is 0 Å². The van der Waals surface area contributed by atoms with Crippen LogP contribution in [-0.2, 0) is 11.3 Å². The van der Waals surface area contributed by atoms with Gasteiger partial charge in [-0.2, -0.15) is 0 Å². The van der Waals surface area contributed by atoms with Gasteiger partial charge in [-0.15, -0.1) is 0 Å².